The molecule has 0 amide bonds. The number of hydrogen-bond donors (Lipinski definition) is 2. The zero-order chi connectivity index (χ0) is 15.0. The Balaban J connectivity index is 2.16. The van der Waals surface area contributed by atoms with Gasteiger partial charge in [-0.3, -0.25) is 0 Å². The van der Waals surface area contributed by atoms with E-state index in [0.29, 0.717) is 19.1 Å². The van der Waals surface area contributed by atoms with Crippen LogP contribution in [0.25, 0.3) is 0 Å². The monoisotopic (exact) mass is 306 g/mol. The fourth-order valence-electron chi connectivity index (χ4n) is 2.00. The Hall–Kier alpha value is -0.210. The van der Waals surface area contributed by atoms with Gasteiger partial charge in [-0.05, 0) is 38.9 Å². The Bertz CT molecular complexity index is 353. The van der Waals surface area contributed by atoms with Crippen molar-refractivity contribution < 1.29 is 8.42 Å². The molecule has 0 unspecified atom stereocenters. The number of nitrogens with zero attached hydrogens (tertiary/aromatic N) is 2. The second kappa shape index (κ2) is 8.94. The van der Waals surface area contributed by atoms with Crippen LogP contribution in [0.3, 0.4) is 0 Å². The van der Waals surface area contributed by atoms with Crippen molar-refractivity contribution in [1.82, 2.24) is 19.2 Å². The standard InChI is InChI=1S/C13H30N4O2S/c1-4-17(5-2)12-10-15-20(18,19)16(3)11-6-9-14-13-7-8-13/h13-15H,4-12H2,1-3H3. The first-order chi connectivity index (χ1) is 9.49. The van der Waals surface area contributed by atoms with Gasteiger partial charge in [-0.2, -0.15) is 12.7 Å². The average Bonchev–Trinajstić information content (AvgIpc) is 3.23. The van der Waals surface area contributed by atoms with E-state index in [-0.39, 0.29) is 0 Å². The fourth-order valence-corrected chi connectivity index (χ4v) is 2.94. The smallest absolute Gasteiger partial charge is 0.279 e. The van der Waals surface area contributed by atoms with E-state index in [9.17, 15) is 8.42 Å². The highest BCUT2D eigenvalue weighted by molar-refractivity contribution is 7.87. The summed E-state index contributed by atoms with van der Waals surface area (Å²) in [7, 11) is -1.69. The maximum Gasteiger partial charge on any atom is 0.279 e. The topological polar surface area (TPSA) is 64.7 Å². The van der Waals surface area contributed by atoms with E-state index < -0.39 is 10.2 Å². The van der Waals surface area contributed by atoms with Crippen LogP contribution in [0.2, 0.25) is 0 Å². The van der Waals surface area contributed by atoms with Crippen LogP contribution < -0.4 is 10.0 Å². The lowest BCUT2D eigenvalue weighted by molar-refractivity contribution is 0.307. The zero-order valence-electron chi connectivity index (χ0n) is 13.1. The molecule has 1 aliphatic rings. The van der Waals surface area contributed by atoms with Crippen LogP contribution in [0, 0.1) is 0 Å². The molecule has 1 fully saturated rings. The third kappa shape index (κ3) is 6.99. The van der Waals surface area contributed by atoms with Gasteiger partial charge in [-0.15, -0.1) is 0 Å². The highest BCUT2D eigenvalue weighted by Gasteiger charge is 2.20. The predicted molar refractivity (Wildman–Crippen MR) is 83.0 cm³/mol. The Labute approximate surface area is 124 Å². The Morgan fingerprint density at radius 1 is 1.10 bits per heavy atom. The predicted octanol–water partition coefficient (Wildman–Crippen LogP) is 0.237. The molecule has 0 aromatic heterocycles. The molecule has 0 bridgehead atoms. The summed E-state index contributed by atoms with van der Waals surface area (Å²) in [6.07, 6.45) is 3.38. The summed E-state index contributed by atoms with van der Waals surface area (Å²) in [5, 5.41) is 3.39. The summed E-state index contributed by atoms with van der Waals surface area (Å²) in [6, 6.07) is 0.684. The molecule has 120 valence electrons. The average molecular weight is 306 g/mol. The van der Waals surface area contributed by atoms with Gasteiger partial charge in [-0.1, -0.05) is 13.8 Å². The lowest BCUT2D eigenvalue weighted by atomic mass is 10.4. The van der Waals surface area contributed by atoms with Crippen LogP contribution in [0.15, 0.2) is 0 Å². The molecule has 6 nitrogen and oxygen atoms in total. The molecule has 2 N–H and O–H groups in total. The van der Waals surface area contributed by atoms with Gasteiger partial charge >= 0.3 is 0 Å². The van der Waals surface area contributed by atoms with Crippen LogP contribution in [0.1, 0.15) is 33.1 Å². The van der Waals surface area contributed by atoms with Crippen molar-refractivity contribution in [2.24, 2.45) is 0 Å². The first kappa shape index (κ1) is 17.8. The van der Waals surface area contributed by atoms with Gasteiger partial charge in [0.15, 0.2) is 0 Å². The maximum absolute atomic E-state index is 12.0. The van der Waals surface area contributed by atoms with Gasteiger partial charge in [0.05, 0.1) is 0 Å². The lowest BCUT2D eigenvalue weighted by Crippen LogP contribution is -2.42. The second-order valence-electron chi connectivity index (χ2n) is 5.33. The summed E-state index contributed by atoms with van der Waals surface area (Å²) < 4.78 is 28.1. The summed E-state index contributed by atoms with van der Waals surface area (Å²) in [6.45, 7) is 8.72. The molecule has 0 aromatic rings. The molecule has 0 aliphatic heterocycles. The summed E-state index contributed by atoms with van der Waals surface area (Å²) in [4.78, 5) is 2.20. The third-order valence-corrected chi connectivity index (χ3v) is 5.25. The molecule has 0 heterocycles. The van der Waals surface area contributed by atoms with Crippen molar-refractivity contribution in [1.29, 1.82) is 0 Å². The number of likely N-dealkylation sites (N-methyl/N-ethyl adjacent to an activating group) is 1. The van der Waals surface area contributed by atoms with E-state index in [2.05, 4.69) is 28.8 Å². The minimum absolute atomic E-state index is 0.467. The van der Waals surface area contributed by atoms with E-state index in [1.807, 2.05) is 0 Å². The number of rotatable bonds is 12. The molecule has 0 saturated heterocycles. The molecular weight excluding hydrogens is 276 g/mol. The highest BCUT2D eigenvalue weighted by Crippen LogP contribution is 2.18. The maximum atomic E-state index is 12.0. The van der Waals surface area contributed by atoms with E-state index in [4.69, 9.17) is 0 Å². The van der Waals surface area contributed by atoms with Gasteiger partial charge < -0.3 is 10.2 Å². The molecule has 0 spiro atoms. The van der Waals surface area contributed by atoms with Crippen molar-refractivity contribution in [3.8, 4) is 0 Å². The third-order valence-electron chi connectivity index (χ3n) is 3.68. The van der Waals surface area contributed by atoms with Crippen LogP contribution in [-0.4, -0.2) is 70.0 Å². The van der Waals surface area contributed by atoms with Crippen LogP contribution in [0.5, 0.6) is 0 Å². The van der Waals surface area contributed by atoms with Gasteiger partial charge in [0.2, 0.25) is 0 Å². The lowest BCUT2D eigenvalue weighted by Gasteiger charge is -2.21. The molecule has 0 aromatic carbocycles. The van der Waals surface area contributed by atoms with E-state index >= 15 is 0 Å². The van der Waals surface area contributed by atoms with Crippen molar-refractivity contribution >= 4 is 10.2 Å². The highest BCUT2D eigenvalue weighted by atomic mass is 32.2. The molecule has 7 heteroatoms. The van der Waals surface area contributed by atoms with E-state index in [0.717, 1.165) is 32.6 Å². The van der Waals surface area contributed by atoms with Gasteiger partial charge in [-0.25, -0.2) is 4.72 Å². The Morgan fingerprint density at radius 3 is 2.30 bits per heavy atom. The first-order valence-electron chi connectivity index (χ1n) is 7.66. The Morgan fingerprint density at radius 2 is 1.75 bits per heavy atom. The summed E-state index contributed by atoms with van der Waals surface area (Å²) in [5.74, 6) is 0. The summed E-state index contributed by atoms with van der Waals surface area (Å²) in [5.41, 5.74) is 0. The largest absolute Gasteiger partial charge is 0.314 e. The van der Waals surface area contributed by atoms with E-state index in [1.54, 1.807) is 7.05 Å². The molecule has 0 atom stereocenters. The molecule has 0 radical (unpaired) electrons. The first-order valence-corrected chi connectivity index (χ1v) is 9.10. The van der Waals surface area contributed by atoms with Gasteiger partial charge in [0.1, 0.15) is 0 Å². The van der Waals surface area contributed by atoms with Crippen molar-refractivity contribution in [3.05, 3.63) is 0 Å². The molecule has 20 heavy (non-hydrogen) atoms. The molecule has 1 aliphatic carbocycles. The van der Waals surface area contributed by atoms with Crippen molar-refractivity contribution in [3.63, 3.8) is 0 Å². The molecule has 1 saturated carbocycles. The van der Waals surface area contributed by atoms with Crippen LogP contribution in [-0.2, 0) is 10.2 Å². The summed E-state index contributed by atoms with van der Waals surface area (Å²) >= 11 is 0. The number of nitrogens with one attached hydrogen (secondary N) is 2. The van der Waals surface area contributed by atoms with Gasteiger partial charge in [0.25, 0.3) is 10.2 Å². The van der Waals surface area contributed by atoms with Gasteiger partial charge in [0, 0.05) is 32.7 Å². The normalized spacial score (nSPS) is 16.2. The van der Waals surface area contributed by atoms with Crippen LogP contribution in [0.4, 0.5) is 0 Å². The van der Waals surface area contributed by atoms with Crippen molar-refractivity contribution in [2.45, 2.75) is 39.2 Å². The second-order valence-corrected chi connectivity index (χ2v) is 7.19. The molecule has 1 rings (SSSR count). The quantitative estimate of drug-likeness (QED) is 0.507. The Kier molecular flexibility index (Phi) is 7.98. The zero-order valence-corrected chi connectivity index (χ0v) is 13.9. The molecular formula is C13H30N4O2S. The minimum Gasteiger partial charge on any atom is -0.314 e. The van der Waals surface area contributed by atoms with E-state index in [1.165, 1.54) is 17.1 Å². The van der Waals surface area contributed by atoms with Crippen LogP contribution >= 0.6 is 0 Å². The minimum atomic E-state index is -3.33. The fraction of sp³-hybridized carbons (Fsp3) is 1.00. The van der Waals surface area contributed by atoms with Crippen molar-refractivity contribution in [2.75, 3.05) is 46.3 Å². The number of hydrogen-bond acceptors (Lipinski definition) is 4. The SMILES string of the molecule is CCN(CC)CCNS(=O)(=O)N(C)CCCNC1CC1.